The second kappa shape index (κ2) is 14.5. The minimum Gasteiger partial charge on any atom is -0.497 e. The first-order chi connectivity index (χ1) is 19.2. The minimum absolute atomic E-state index is 0.0647. The summed E-state index contributed by atoms with van der Waals surface area (Å²) in [5.41, 5.74) is 2.21. The molecule has 40 heavy (non-hydrogen) atoms. The lowest BCUT2D eigenvalue weighted by Gasteiger charge is -2.32. The van der Waals surface area contributed by atoms with Gasteiger partial charge in [-0.3, -0.25) is 13.9 Å². The first kappa shape index (κ1) is 30.7. The zero-order chi connectivity index (χ0) is 29.1. The Morgan fingerprint density at radius 3 is 2.33 bits per heavy atom. The molecule has 0 aliphatic carbocycles. The van der Waals surface area contributed by atoms with Crippen LogP contribution in [0.1, 0.15) is 37.8 Å². The van der Waals surface area contributed by atoms with Crippen LogP contribution in [0.4, 0.5) is 5.69 Å². The van der Waals surface area contributed by atoms with E-state index < -0.39 is 28.5 Å². The van der Waals surface area contributed by atoms with Crippen molar-refractivity contribution in [3.05, 3.63) is 90.0 Å². The van der Waals surface area contributed by atoms with Crippen molar-refractivity contribution in [1.82, 2.24) is 10.2 Å². The molecule has 0 heterocycles. The Kier molecular flexibility index (Phi) is 11.1. The Morgan fingerprint density at radius 1 is 0.975 bits per heavy atom. The molecule has 0 aliphatic heterocycles. The summed E-state index contributed by atoms with van der Waals surface area (Å²) in [6.07, 6.45) is 2.27. The molecule has 0 fully saturated rings. The van der Waals surface area contributed by atoms with Gasteiger partial charge in [-0.1, -0.05) is 67.4 Å². The number of methoxy groups -OCH3 is 1. The Bertz CT molecular complexity index is 1360. The van der Waals surface area contributed by atoms with Gasteiger partial charge in [-0.15, -0.1) is 0 Å². The van der Waals surface area contributed by atoms with Gasteiger partial charge in [0.2, 0.25) is 11.8 Å². The molecule has 9 heteroatoms. The van der Waals surface area contributed by atoms with E-state index in [-0.39, 0.29) is 23.0 Å². The lowest BCUT2D eigenvalue weighted by Crippen LogP contribution is -2.52. The molecule has 0 radical (unpaired) electrons. The fraction of sp³-hybridized carbons (Fsp3) is 0.355. The van der Waals surface area contributed by atoms with Gasteiger partial charge < -0.3 is 15.0 Å². The maximum Gasteiger partial charge on any atom is 0.264 e. The summed E-state index contributed by atoms with van der Waals surface area (Å²) in [4.78, 5) is 28.5. The molecule has 0 bridgehead atoms. The monoisotopic (exact) mass is 565 g/mol. The molecule has 1 atom stereocenters. The summed E-state index contributed by atoms with van der Waals surface area (Å²) < 4.78 is 34.2. The van der Waals surface area contributed by atoms with E-state index in [1.807, 2.05) is 44.2 Å². The molecule has 214 valence electrons. The van der Waals surface area contributed by atoms with Gasteiger partial charge in [0, 0.05) is 19.2 Å². The molecular weight excluding hydrogens is 526 g/mol. The third-order valence-corrected chi connectivity index (χ3v) is 8.50. The number of amides is 2. The number of benzene rings is 3. The summed E-state index contributed by atoms with van der Waals surface area (Å²) in [5.74, 6) is -0.296. The number of carbonyl (C=O) groups is 2. The molecule has 3 aromatic carbocycles. The highest BCUT2D eigenvalue weighted by molar-refractivity contribution is 7.92. The molecule has 2 amide bonds. The van der Waals surface area contributed by atoms with Gasteiger partial charge in [-0.25, -0.2) is 8.42 Å². The Hall–Kier alpha value is -3.85. The SMILES string of the molecule is CCCCNC(=O)[C@@H](C)N(CCc1ccccc1)C(=O)CN(c1cccc(OC)c1)S(=O)(=O)c1ccc(C)cc1. The standard InChI is InChI=1S/C31H39N3O5S/c1-5-6-20-32-31(36)25(3)33(21-19-26-11-8-7-9-12-26)30(35)23-34(27-13-10-14-28(22-27)39-4)40(37,38)29-17-15-24(2)16-18-29/h7-18,22,25H,5-6,19-21,23H2,1-4H3,(H,32,36)/t25-/m1/s1. The minimum atomic E-state index is -4.13. The number of hydrogen-bond donors (Lipinski definition) is 1. The van der Waals surface area contributed by atoms with E-state index in [2.05, 4.69) is 5.32 Å². The number of carbonyl (C=O) groups excluding carboxylic acids is 2. The van der Waals surface area contributed by atoms with Crippen LogP contribution < -0.4 is 14.4 Å². The Labute approximate surface area is 238 Å². The van der Waals surface area contributed by atoms with Crippen LogP contribution in [0.25, 0.3) is 0 Å². The molecule has 0 spiro atoms. The van der Waals surface area contributed by atoms with Gasteiger partial charge in [0.15, 0.2) is 0 Å². The lowest BCUT2D eigenvalue weighted by molar-refractivity contribution is -0.138. The maximum absolute atomic E-state index is 13.9. The molecule has 1 N–H and O–H groups in total. The largest absolute Gasteiger partial charge is 0.497 e. The molecule has 0 aliphatic rings. The van der Waals surface area contributed by atoms with Crippen LogP contribution in [0.3, 0.4) is 0 Å². The van der Waals surface area contributed by atoms with Crippen LogP contribution in [0, 0.1) is 6.92 Å². The van der Waals surface area contributed by atoms with Gasteiger partial charge >= 0.3 is 0 Å². The lowest BCUT2D eigenvalue weighted by atomic mass is 10.1. The topological polar surface area (TPSA) is 96.0 Å². The molecular formula is C31H39N3O5S. The predicted octanol–water partition coefficient (Wildman–Crippen LogP) is 4.58. The van der Waals surface area contributed by atoms with Crippen molar-refractivity contribution in [3.8, 4) is 5.75 Å². The number of nitrogens with zero attached hydrogens (tertiary/aromatic N) is 2. The smallest absolute Gasteiger partial charge is 0.264 e. The third kappa shape index (κ3) is 8.08. The number of hydrogen-bond acceptors (Lipinski definition) is 5. The summed E-state index contributed by atoms with van der Waals surface area (Å²) in [5, 5.41) is 2.90. The molecule has 3 rings (SSSR count). The third-order valence-electron chi connectivity index (χ3n) is 6.71. The summed E-state index contributed by atoms with van der Waals surface area (Å²) in [6, 6.07) is 21.9. The highest BCUT2D eigenvalue weighted by atomic mass is 32.2. The fourth-order valence-electron chi connectivity index (χ4n) is 4.24. The van der Waals surface area contributed by atoms with Gasteiger partial charge in [-0.05, 0) is 56.5 Å². The molecule has 0 unspecified atom stereocenters. The number of unbranched alkanes of at least 4 members (excludes halogenated alkanes) is 1. The van der Waals surface area contributed by atoms with Gasteiger partial charge in [0.05, 0.1) is 17.7 Å². The van der Waals surface area contributed by atoms with Crippen LogP contribution >= 0.6 is 0 Å². The Balaban J connectivity index is 1.97. The zero-order valence-corrected chi connectivity index (χ0v) is 24.5. The van der Waals surface area contributed by atoms with Crippen molar-refractivity contribution in [2.75, 3.05) is 31.0 Å². The van der Waals surface area contributed by atoms with Crippen molar-refractivity contribution >= 4 is 27.5 Å². The number of anilines is 1. The van der Waals surface area contributed by atoms with E-state index in [0.717, 1.165) is 28.3 Å². The maximum atomic E-state index is 13.9. The van der Waals surface area contributed by atoms with E-state index in [1.165, 1.54) is 24.1 Å². The number of aryl methyl sites for hydroxylation is 1. The molecule has 0 saturated carbocycles. The van der Waals surface area contributed by atoms with Gasteiger partial charge in [-0.2, -0.15) is 0 Å². The quantitative estimate of drug-likeness (QED) is 0.289. The summed E-state index contributed by atoms with van der Waals surface area (Å²) in [6.45, 7) is 5.86. The number of rotatable bonds is 14. The summed E-state index contributed by atoms with van der Waals surface area (Å²) in [7, 11) is -2.63. The first-order valence-corrected chi connectivity index (χ1v) is 15.0. The second-order valence-corrected chi connectivity index (χ2v) is 11.5. The van der Waals surface area contributed by atoms with E-state index in [4.69, 9.17) is 4.74 Å². The predicted molar refractivity (Wildman–Crippen MR) is 158 cm³/mol. The van der Waals surface area contributed by atoms with Crippen molar-refractivity contribution < 1.29 is 22.7 Å². The van der Waals surface area contributed by atoms with Crippen molar-refractivity contribution in [1.29, 1.82) is 0 Å². The molecule has 0 saturated heterocycles. The van der Waals surface area contributed by atoms with Crippen molar-refractivity contribution in [2.24, 2.45) is 0 Å². The van der Waals surface area contributed by atoms with Crippen molar-refractivity contribution in [2.45, 2.75) is 51.0 Å². The molecule has 3 aromatic rings. The Morgan fingerprint density at radius 2 is 1.68 bits per heavy atom. The van der Waals surface area contributed by atoms with Crippen LogP contribution in [0.5, 0.6) is 5.75 Å². The van der Waals surface area contributed by atoms with Crippen molar-refractivity contribution in [3.63, 3.8) is 0 Å². The normalized spacial score (nSPS) is 11.9. The molecule has 0 aromatic heterocycles. The number of ether oxygens (including phenoxy) is 1. The highest BCUT2D eigenvalue weighted by Crippen LogP contribution is 2.27. The fourth-order valence-corrected chi connectivity index (χ4v) is 5.64. The molecule has 8 nitrogen and oxygen atoms in total. The first-order valence-electron chi connectivity index (χ1n) is 13.5. The van der Waals surface area contributed by atoms with E-state index in [1.54, 1.807) is 43.3 Å². The highest BCUT2D eigenvalue weighted by Gasteiger charge is 2.32. The van der Waals surface area contributed by atoms with Crippen LogP contribution in [0.2, 0.25) is 0 Å². The van der Waals surface area contributed by atoms with Gasteiger partial charge in [0.25, 0.3) is 10.0 Å². The van der Waals surface area contributed by atoms with Crippen LogP contribution in [-0.4, -0.2) is 57.9 Å². The van der Waals surface area contributed by atoms with E-state index in [9.17, 15) is 18.0 Å². The van der Waals surface area contributed by atoms with E-state index in [0.29, 0.717) is 18.7 Å². The van der Waals surface area contributed by atoms with Crippen LogP contribution in [0.15, 0.2) is 83.8 Å². The number of sulfonamides is 1. The number of nitrogens with one attached hydrogen (secondary N) is 1. The summed E-state index contributed by atoms with van der Waals surface area (Å²) >= 11 is 0. The van der Waals surface area contributed by atoms with E-state index >= 15 is 0 Å². The zero-order valence-electron chi connectivity index (χ0n) is 23.7. The van der Waals surface area contributed by atoms with Crippen LogP contribution in [-0.2, 0) is 26.0 Å². The second-order valence-electron chi connectivity index (χ2n) is 9.67. The van der Waals surface area contributed by atoms with Gasteiger partial charge in [0.1, 0.15) is 18.3 Å². The average Bonchev–Trinajstić information content (AvgIpc) is 2.96. The average molecular weight is 566 g/mol.